The highest BCUT2D eigenvalue weighted by molar-refractivity contribution is 7.92. The Morgan fingerprint density at radius 3 is 2.09 bits per heavy atom. The van der Waals surface area contributed by atoms with E-state index >= 15 is 0 Å². The van der Waals surface area contributed by atoms with Crippen molar-refractivity contribution < 1.29 is 21.6 Å². The molecule has 3 nitrogen and oxygen atoms in total. The van der Waals surface area contributed by atoms with E-state index in [0.29, 0.717) is 16.8 Å². The van der Waals surface area contributed by atoms with Gasteiger partial charge in [-0.15, -0.1) is 0 Å². The first-order chi connectivity index (χ1) is 10.1. The van der Waals surface area contributed by atoms with E-state index in [4.69, 9.17) is 11.6 Å². The number of sulfonamides is 1. The zero-order chi connectivity index (χ0) is 16.5. The summed E-state index contributed by atoms with van der Waals surface area (Å²) in [7, 11) is -3.39. The van der Waals surface area contributed by atoms with Crippen molar-refractivity contribution in [3.05, 3.63) is 53.1 Å². The summed E-state index contributed by atoms with van der Waals surface area (Å²) in [4.78, 5) is 0. The number of rotatable bonds is 3. The molecule has 2 rings (SSSR count). The van der Waals surface area contributed by atoms with Crippen LogP contribution in [0.1, 0.15) is 5.56 Å². The molecule has 0 aliphatic rings. The molecule has 0 bridgehead atoms. The maximum Gasteiger partial charge on any atom is 0.416 e. The summed E-state index contributed by atoms with van der Waals surface area (Å²) in [6.45, 7) is 0. The highest BCUT2D eigenvalue weighted by Gasteiger charge is 2.30. The van der Waals surface area contributed by atoms with Gasteiger partial charge in [0.2, 0.25) is 10.0 Å². The SMILES string of the molecule is CS(=O)(=O)Nc1ccc(-c2ccc(C(F)(F)F)cc2Cl)cc1. The molecule has 0 unspecified atom stereocenters. The molecular weight excluding hydrogens is 339 g/mol. The number of alkyl halides is 3. The summed E-state index contributed by atoms with van der Waals surface area (Å²) in [6, 6.07) is 9.24. The van der Waals surface area contributed by atoms with E-state index < -0.39 is 21.8 Å². The highest BCUT2D eigenvalue weighted by atomic mass is 35.5. The maximum atomic E-state index is 12.6. The lowest BCUT2D eigenvalue weighted by molar-refractivity contribution is -0.137. The van der Waals surface area contributed by atoms with Gasteiger partial charge in [-0.3, -0.25) is 4.72 Å². The van der Waals surface area contributed by atoms with Crippen molar-refractivity contribution in [1.82, 2.24) is 0 Å². The predicted molar refractivity (Wildman–Crippen MR) is 80.4 cm³/mol. The third-order valence-corrected chi connectivity index (χ3v) is 3.71. The third-order valence-electron chi connectivity index (χ3n) is 2.80. The predicted octanol–water partition coefficient (Wildman–Crippen LogP) is 4.40. The second-order valence-corrected chi connectivity index (χ2v) is 6.80. The van der Waals surface area contributed by atoms with Gasteiger partial charge < -0.3 is 0 Å². The van der Waals surface area contributed by atoms with E-state index in [1.807, 2.05) is 0 Å². The Morgan fingerprint density at radius 2 is 1.64 bits per heavy atom. The van der Waals surface area contributed by atoms with Gasteiger partial charge in [0, 0.05) is 16.3 Å². The van der Waals surface area contributed by atoms with Crippen LogP contribution in [0.15, 0.2) is 42.5 Å². The molecule has 0 radical (unpaired) electrons. The van der Waals surface area contributed by atoms with Crippen molar-refractivity contribution in [1.29, 1.82) is 0 Å². The van der Waals surface area contributed by atoms with Gasteiger partial charge in [-0.1, -0.05) is 29.8 Å². The van der Waals surface area contributed by atoms with Crippen molar-refractivity contribution >= 4 is 27.3 Å². The normalized spacial score (nSPS) is 12.2. The average molecular weight is 350 g/mol. The van der Waals surface area contributed by atoms with Crippen LogP contribution in [-0.2, 0) is 16.2 Å². The summed E-state index contributed by atoms with van der Waals surface area (Å²) in [6.07, 6.45) is -3.43. The molecule has 22 heavy (non-hydrogen) atoms. The van der Waals surface area contributed by atoms with E-state index in [9.17, 15) is 21.6 Å². The second kappa shape index (κ2) is 5.81. The fraction of sp³-hybridized carbons (Fsp3) is 0.143. The maximum absolute atomic E-state index is 12.6. The van der Waals surface area contributed by atoms with Crippen LogP contribution in [0.25, 0.3) is 11.1 Å². The number of halogens is 4. The number of hydrogen-bond acceptors (Lipinski definition) is 2. The minimum absolute atomic E-state index is 0.0290. The van der Waals surface area contributed by atoms with Crippen molar-refractivity contribution in [3.63, 3.8) is 0 Å². The monoisotopic (exact) mass is 349 g/mol. The van der Waals surface area contributed by atoms with Gasteiger partial charge >= 0.3 is 6.18 Å². The Morgan fingerprint density at radius 1 is 1.05 bits per heavy atom. The molecule has 0 fully saturated rings. The molecule has 0 heterocycles. The lowest BCUT2D eigenvalue weighted by Gasteiger charge is -2.11. The summed E-state index contributed by atoms with van der Waals surface area (Å²) in [5.41, 5.74) is 0.546. The minimum atomic E-state index is -4.45. The average Bonchev–Trinajstić information content (AvgIpc) is 2.37. The van der Waals surface area contributed by atoms with Crippen molar-refractivity contribution in [2.45, 2.75) is 6.18 Å². The molecule has 118 valence electrons. The van der Waals surface area contributed by atoms with E-state index in [0.717, 1.165) is 18.4 Å². The second-order valence-electron chi connectivity index (χ2n) is 4.64. The van der Waals surface area contributed by atoms with Crippen molar-refractivity contribution in [2.24, 2.45) is 0 Å². The molecule has 0 aliphatic carbocycles. The largest absolute Gasteiger partial charge is 0.416 e. The smallest absolute Gasteiger partial charge is 0.284 e. The van der Waals surface area contributed by atoms with Crippen molar-refractivity contribution in [3.8, 4) is 11.1 Å². The van der Waals surface area contributed by atoms with Crippen LogP contribution in [0, 0.1) is 0 Å². The van der Waals surface area contributed by atoms with Crippen LogP contribution in [0.4, 0.5) is 18.9 Å². The van der Waals surface area contributed by atoms with Crippen LogP contribution >= 0.6 is 11.6 Å². The Labute approximate surface area is 130 Å². The van der Waals surface area contributed by atoms with Crippen LogP contribution < -0.4 is 4.72 Å². The number of anilines is 1. The van der Waals surface area contributed by atoms with Gasteiger partial charge in [0.15, 0.2) is 0 Å². The molecule has 8 heteroatoms. The minimum Gasteiger partial charge on any atom is -0.284 e. The molecular formula is C14H11ClF3NO2S. The molecule has 0 saturated heterocycles. The molecule has 0 saturated carbocycles. The van der Waals surface area contributed by atoms with E-state index in [1.165, 1.54) is 18.2 Å². The van der Waals surface area contributed by atoms with Gasteiger partial charge in [0.25, 0.3) is 0 Å². The van der Waals surface area contributed by atoms with E-state index in [1.54, 1.807) is 12.1 Å². The molecule has 0 atom stereocenters. The molecule has 0 aliphatic heterocycles. The van der Waals surface area contributed by atoms with Gasteiger partial charge in [-0.05, 0) is 29.8 Å². The van der Waals surface area contributed by atoms with Crippen LogP contribution in [-0.4, -0.2) is 14.7 Å². The zero-order valence-corrected chi connectivity index (χ0v) is 12.9. The Bertz CT molecular complexity index is 787. The summed E-state index contributed by atoms with van der Waals surface area (Å²) < 4.78 is 62.3. The van der Waals surface area contributed by atoms with Gasteiger partial charge in [0.05, 0.1) is 11.8 Å². The molecule has 0 amide bonds. The third kappa shape index (κ3) is 4.14. The number of hydrogen-bond donors (Lipinski definition) is 1. The molecule has 2 aromatic carbocycles. The van der Waals surface area contributed by atoms with E-state index in [2.05, 4.69) is 4.72 Å². The molecule has 2 aromatic rings. The highest BCUT2D eigenvalue weighted by Crippen LogP contribution is 2.35. The van der Waals surface area contributed by atoms with Crippen LogP contribution in [0.5, 0.6) is 0 Å². The van der Waals surface area contributed by atoms with Gasteiger partial charge in [-0.25, -0.2) is 8.42 Å². The molecule has 1 N–H and O–H groups in total. The van der Waals surface area contributed by atoms with Crippen LogP contribution in [0.3, 0.4) is 0 Å². The lowest BCUT2D eigenvalue weighted by atomic mass is 10.0. The Kier molecular flexibility index (Phi) is 4.39. The summed E-state index contributed by atoms with van der Waals surface area (Å²) in [5, 5.41) is -0.0290. The topological polar surface area (TPSA) is 46.2 Å². The molecule has 0 spiro atoms. The lowest BCUT2D eigenvalue weighted by Crippen LogP contribution is -2.09. The van der Waals surface area contributed by atoms with Crippen LogP contribution in [0.2, 0.25) is 5.02 Å². The quantitative estimate of drug-likeness (QED) is 0.892. The fourth-order valence-corrected chi connectivity index (χ4v) is 2.71. The van der Waals surface area contributed by atoms with Gasteiger partial charge in [0.1, 0.15) is 0 Å². The first-order valence-electron chi connectivity index (χ1n) is 6.01. The Balaban J connectivity index is 2.33. The summed E-state index contributed by atoms with van der Waals surface area (Å²) in [5.74, 6) is 0. The van der Waals surface area contributed by atoms with E-state index in [-0.39, 0.29) is 5.02 Å². The summed E-state index contributed by atoms with van der Waals surface area (Å²) >= 11 is 5.90. The standard InChI is InChI=1S/C14H11ClF3NO2S/c1-22(20,21)19-11-5-2-9(3-6-11)12-7-4-10(8-13(12)15)14(16,17)18/h2-8,19H,1H3. The number of nitrogens with one attached hydrogen (secondary N) is 1. The fourth-order valence-electron chi connectivity index (χ4n) is 1.86. The van der Waals surface area contributed by atoms with Gasteiger partial charge in [-0.2, -0.15) is 13.2 Å². The zero-order valence-electron chi connectivity index (χ0n) is 11.3. The van der Waals surface area contributed by atoms with Crippen molar-refractivity contribution in [2.75, 3.05) is 11.0 Å². The molecule has 0 aromatic heterocycles. The Hall–Kier alpha value is -1.73. The first-order valence-corrected chi connectivity index (χ1v) is 8.28. The first kappa shape index (κ1) is 16.6. The number of benzene rings is 2.